The molecule has 0 N–H and O–H groups in total. The number of esters is 1. The minimum Gasteiger partial charge on any atom is -0.479 e. The van der Waals surface area contributed by atoms with Crippen molar-refractivity contribution >= 4 is 21.7 Å². The molecule has 1 aromatic rings. The number of carbonyl (C=O) groups excluding carboxylic acids is 2. The van der Waals surface area contributed by atoms with E-state index in [1.165, 1.54) is 11.8 Å². The molecule has 1 heterocycles. The number of nitrogens with zero attached hydrogens (tertiary/aromatic N) is 2. The van der Waals surface area contributed by atoms with Crippen LogP contribution in [-0.4, -0.2) is 62.0 Å². The van der Waals surface area contributed by atoms with Crippen molar-refractivity contribution in [1.29, 1.82) is 5.26 Å². The van der Waals surface area contributed by atoms with Crippen LogP contribution in [0.1, 0.15) is 32.3 Å². The smallest absolute Gasteiger partial charge is 0.347 e. The predicted octanol–water partition coefficient (Wildman–Crippen LogP) is 1.29. The molecule has 1 aliphatic heterocycles. The van der Waals surface area contributed by atoms with E-state index in [-0.39, 0.29) is 17.5 Å². The van der Waals surface area contributed by atoms with E-state index in [1.807, 2.05) is 13.0 Å². The molecule has 0 bridgehead atoms. The molecule has 8 nitrogen and oxygen atoms in total. The van der Waals surface area contributed by atoms with Gasteiger partial charge in [0, 0.05) is 12.6 Å². The van der Waals surface area contributed by atoms with E-state index in [1.54, 1.807) is 24.3 Å². The number of nitriles is 1. The van der Waals surface area contributed by atoms with E-state index in [0.29, 0.717) is 30.7 Å². The van der Waals surface area contributed by atoms with Gasteiger partial charge < -0.3 is 14.4 Å². The second-order valence-electron chi connectivity index (χ2n) is 6.65. The first-order valence-electron chi connectivity index (χ1n) is 9.09. The Morgan fingerprint density at radius 1 is 1.32 bits per heavy atom. The average molecular weight is 408 g/mol. The maximum atomic E-state index is 12.5. The molecular weight excluding hydrogens is 384 g/mol. The summed E-state index contributed by atoms with van der Waals surface area (Å²) in [6, 6.07) is 7.88. The fourth-order valence-corrected chi connectivity index (χ4v) is 4.70. The van der Waals surface area contributed by atoms with E-state index in [2.05, 4.69) is 0 Å². The van der Waals surface area contributed by atoms with E-state index < -0.39 is 34.4 Å². The van der Waals surface area contributed by atoms with Crippen LogP contribution in [0.4, 0.5) is 0 Å². The van der Waals surface area contributed by atoms with Crippen molar-refractivity contribution in [3.8, 4) is 11.8 Å². The Labute approximate surface area is 164 Å². The summed E-state index contributed by atoms with van der Waals surface area (Å²) in [6.45, 7) is 3.34. The van der Waals surface area contributed by atoms with Crippen molar-refractivity contribution in [2.75, 3.05) is 24.7 Å². The Bertz CT molecular complexity index is 844. The molecule has 1 amide bonds. The quantitative estimate of drug-likeness (QED) is 0.596. The monoisotopic (exact) mass is 408 g/mol. The van der Waals surface area contributed by atoms with Gasteiger partial charge in [0.05, 0.1) is 23.1 Å². The lowest BCUT2D eigenvalue weighted by molar-refractivity contribution is -0.158. The zero-order valence-corrected chi connectivity index (χ0v) is 16.8. The first-order valence-corrected chi connectivity index (χ1v) is 10.9. The van der Waals surface area contributed by atoms with Gasteiger partial charge in [0.25, 0.3) is 5.91 Å². The van der Waals surface area contributed by atoms with E-state index in [0.717, 1.165) is 0 Å². The molecule has 0 saturated carbocycles. The van der Waals surface area contributed by atoms with Gasteiger partial charge in [-0.25, -0.2) is 13.2 Å². The lowest BCUT2D eigenvalue weighted by Crippen LogP contribution is -2.44. The van der Waals surface area contributed by atoms with Crippen molar-refractivity contribution in [3.05, 3.63) is 29.8 Å². The predicted molar refractivity (Wildman–Crippen MR) is 101 cm³/mol. The molecule has 0 spiro atoms. The summed E-state index contributed by atoms with van der Waals surface area (Å²) in [7, 11) is -3.12. The highest BCUT2D eigenvalue weighted by molar-refractivity contribution is 7.91. The molecule has 0 aliphatic carbocycles. The van der Waals surface area contributed by atoms with Crippen LogP contribution >= 0.6 is 0 Å². The number of carbonyl (C=O) groups is 2. The SMILES string of the molecule is CCCN(C(=O)COC(=O)[C@@H](C)Oc1ccc(C#N)cc1)[C@@H]1CCS(=O)(=O)C1. The summed E-state index contributed by atoms with van der Waals surface area (Å²) >= 11 is 0. The van der Waals surface area contributed by atoms with Crippen molar-refractivity contribution in [3.63, 3.8) is 0 Å². The molecular formula is C19H24N2O6S. The first kappa shape index (κ1) is 21.7. The van der Waals surface area contributed by atoms with Gasteiger partial charge in [-0.15, -0.1) is 0 Å². The molecule has 1 saturated heterocycles. The van der Waals surface area contributed by atoms with Crippen LogP contribution in [-0.2, 0) is 24.2 Å². The second kappa shape index (κ2) is 9.55. The van der Waals surface area contributed by atoms with Crippen LogP contribution < -0.4 is 4.74 Å². The molecule has 0 unspecified atom stereocenters. The van der Waals surface area contributed by atoms with Crippen LogP contribution in [0.15, 0.2) is 24.3 Å². The van der Waals surface area contributed by atoms with E-state index >= 15 is 0 Å². The number of sulfone groups is 1. The Morgan fingerprint density at radius 2 is 2.00 bits per heavy atom. The van der Waals surface area contributed by atoms with Gasteiger partial charge in [-0.1, -0.05) is 6.92 Å². The lowest BCUT2D eigenvalue weighted by Gasteiger charge is -2.27. The van der Waals surface area contributed by atoms with Gasteiger partial charge in [-0.3, -0.25) is 4.79 Å². The second-order valence-corrected chi connectivity index (χ2v) is 8.88. The van der Waals surface area contributed by atoms with Crippen molar-refractivity contribution in [2.45, 2.75) is 38.8 Å². The summed E-state index contributed by atoms with van der Waals surface area (Å²) in [5.41, 5.74) is 0.470. The minimum atomic E-state index is -3.12. The maximum Gasteiger partial charge on any atom is 0.347 e. The van der Waals surface area contributed by atoms with Gasteiger partial charge in [0.15, 0.2) is 22.5 Å². The van der Waals surface area contributed by atoms with Crippen molar-refractivity contribution < 1.29 is 27.5 Å². The molecule has 2 rings (SSSR count). The Balaban J connectivity index is 1.88. The van der Waals surface area contributed by atoms with E-state index in [9.17, 15) is 18.0 Å². The molecule has 152 valence electrons. The Hall–Kier alpha value is -2.60. The van der Waals surface area contributed by atoms with Crippen molar-refractivity contribution in [2.24, 2.45) is 0 Å². The lowest BCUT2D eigenvalue weighted by atomic mass is 10.2. The zero-order chi connectivity index (χ0) is 20.7. The molecule has 9 heteroatoms. The third-order valence-corrected chi connectivity index (χ3v) is 6.15. The summed E-state index contributed by atoms with van der Waals surface area (Å²) in [5.74, 6) is -0.694. The zero-order valence-electron chi connectivity index (χ0n) is 16.0. The maximum absolute atomic E-state index is 12.5. The molecule has 2 atom stereocenters. The number of ether oxygens (including phenoxy) is 2. The fourth-order valence-electron chi connectivity index (χ4n) is 2.97. The normalized spacial score (nSPS) is 18.7. The molecule has 1 aromatic carbocycles. The average Bonchev–Trinajstić information content (AvgIpc) is 3.03. The topological polar surface area (TPSA) is 114 Å². The van der Waals surface area contributed by atoms with Crippen LogP contribution in [0.5, 0.6) is 5.75 Å². The highest BCUT2D eigenvalue weighted by Crippen LogP contribution is 2.19. The third-order valence-electron chi connectivity index (χ3n) is 4.40. The standard InChI is InChI=1S/C19H24N2O6S/c1-3-9-21(16-8-10-28(24,25)13-16)18(22)12-26-19(23)14(2)27-17-6-4-15(11-20)5-7-17/h4-7,14,16H,3,8-10,12-13H2,1-2H3/t14-,16-/m1/s1. The number of hydrogen-bond donors (Lipinski definition) is 0. The number of benzene rings is 1. The summed E-state index contributed by atoms with van der Waals surface area (Å²) in [5, 5.41) is 8.78. The van der Waals surface area contributed by atoms with Gasteiger partial charge in [0.2, 0.25) is 0 Å². The number of hydrogen-bond acceptors (Lipinski definition) is 7. The highest BCUT2D eigenvalue weighted by Gasteiger charge is 2.34. The first-order chi connectivity index (χ1) is 13.3. The van der Waals surface area contributed by atoms with Crippen LogP contribution in [0.3, 0.4) is 0 Å². The van der Waals surface area contributed by atoms with Gasteiger partial charge >= 0.3 is 5.97 Å². The fraction of sp³-hybridized carbons (Fsp3) is 0.526. The molecule has 1 aliphatic rings. The summed E-state index contributed by atoms with van der Waals surface area (Å²) in [6.07, 6.45) is 0.140. The Kier molecular flexibility index (Phi) is 7.40. The third kappa shape index (κ3) is 5.96. The van der Waals surface area contributed by atoms with Gasteiger partial charge in [-0.05, 0) is 44.0 Å². The van der Waals surface area contributed by atoms with E-state index in [4.69, 9.17) is 14.7 Å². The molecule has 1 fully saturated rings. The number of rotatable bonds is 8. The molecule has 28 heavy (non-hydrogen) atoms. The minimum absolute atomic E-state index is 0.0507. The van der Waals surface area contributed by atoms with Gasteiger partial charge in [0.1, 0.15) is 5.75 Å². The molecule has 0 radical (unpaired) electrons. The van der Waals surface area contributed by atoms with Gasteiger partial charge in [-0.2, -0.15) is 5.26 Å². The van der Waals surface area contributed by atoms with Crippen LogP contribution in [0.25, 0.3) is 0 Å². The highest BCUT2D eigenvalue weighted by atomic mass is 32.2. The largest absolute Gasteiger partial charge is 0.479 e. The van der Waals surface area contributed by atoms with Crippen molar-refractivity contribution in [1.82, 2.24) is 4.90 Å². The summed E-state index contributed by atoms with van der Waals surface area (Å²) in [4.78, 5) is 26.1. The molecule has 0 aromatic heterocycles. The number of amides is 1. The van der Waals surface area contributed by atoms with Crippen LogP contribution in [0.2, 0.25) is 0 Å². The summed E-state index contributed by atoms with van der Waals surface area (Å²) < 4.78 is 33.9. The van der Waals surface area contributed by atoms with Crippen LogP contribution in [0, 0.1) is 11.3 Å². The Morgan fingerprint density at radius 3 is 2.54 bits per heavy atom.